The third-order valence-corrected chi connectivity index (χ3v) is 3.82. The molecule has 122 valence electrons. The molecule has 2 aromatic rings. The van der Waals surface area contributed by atoms with E-state index in [1.54, 1.807) is 26.1 Å². The Morgan fingerprint density at radius 2 is 1.87 bits per heavy atom. The van der Waals surface area contributed by atoms with Crippen LogP contribution in [0.3, 0.4) is 0 Å². The van der Waals surface area contributed by atoms with E-state index in [9.17, 15) is 9.59 Å². The van der Waals surface area contributed by atoms with Gasteiger partial charge in [0.05, 0.1) is 11.6 Å². The van der Waals surface area contributed by atoms with Crippen molar-refractivity contribution in [1.82, 2.24) is 15.8 Å². The highest BCUT2D eigenvalue weighted by molar-refractivity contribution is 5.94. The van der Waals surface area contributed by atoms with E-state index in [4.69, 9.17) is 4.52 Å². The van der Waals surface area contributed by atoms with E-state index >= 15 is 0 Å². The predicted molar refractivity (Wildman–Crippen MR) is 86.1 cm³/mol. The Labute approximate surface area is 135 Å². The molecule has 0 unspecified atom stereocenters. The second kappa shape index (κ2) is 7.09. The number of nitrogens with one attached hydrogen (secondary N) is 2. The smallest absolute Gasteiger partial charge is 0.251 e. The van der Waals surface area contributed by atoms with Crippen LogP contribution in [0, 0.1) is 13.8 Å². The number of hydrogen-bond donors (Lipinski definition) is 2. The molecule has 6 heteroatoms. The Kier molecular flexibility index (Phi) is 5.16. The van der Waals surface area contributed by atoms with Gasteiger partial charge < -0.3 is 15.2 Å². The zero-order valence-electron chi connectivity index (χ0n) is 13.8. The standard InChI is InChI=1S/C17H21N3O3/c1-10(15-11(2)20-23-12(15)3)16(21)19-9-13-5-7-14(8-6-13)17(22)18-4/h5-8,10H,9H2,1-4H3,(H,18,22)(H,19,21)/t10-/m0/s1. The van der Waals surface area contributed by atoms with Crippen LogP contribution in [0.15, 0.2) is 28.8 Å². The van der Waals surface area contributed by atoms with Gasteiger partial charge in [-0.15, -0.1) is 0 Å². The molecule has 6 nitrogen and oxygen atoms in total. The predicted octanol–water partition coefficient (Wildman–Crippen LogP) is 2.07. The Morgan fingerprint density at radius 3 is 2.39 bits per heavy atom. The van der Waals surface area contributed by atoms with Gasteiger partial charge in [0.25, 0.3) is 5.91 Å². The molecule has 0 radical (unpaired) electrons. The van der Waals surface area contributed by atoms with Crippen molar-refractivity contribution in [1.29, 1.82) is 0 Å². The molecule has 0 bridgehead atoms. The van der Waals surface area contributed by atoms with Gasteiger partial charge in [-0.25, -0.2) is 0 Å². The van der Waals surface area contributed by atoms with E-state index in [0.717, 1.165) is 16.8 Å². The van der Waals surface area contributed by atoms with Crippen LogP contribution in [0.25, 0.3) is 0 Å². The maximum absolute atomic E-state index is 12.3. The summed E-state index contributed by atoms with van der Waals surface area (Å²) in [6.07, 6.45) is 0. The quantitative estimate of drug-likeness (QED) is 0.884. The van der Waals surface area contributed by atoms with Crippen LogP contribution in [0.1, 0.15) is 45.8 Å². The molecule has 1 heterocycles. The maximum Gasteiger partial charge on any atom is 0.251 e. The minimum atomic E-state index is -0.327. The van der Waals surface area contributed by atoms with Gasteiger partial charge in [-0.2, -0.15) is 0 Å². The Morgan fingerprint density at radius 1 is 1.22 bits per heavy atom. The second-order valence-electron chi connectivity index (χ2n) is 5.45. The summed E-state index contributed by atoms with van der Waals surface area (Å²) >= 11 is 0. The molecule has 0 fully saturated rings. The Bertz CT molecular complexity index is 685. The molecular formula is C17H21N3O3. The summed E-state index contributed by atoms with van der Waals surface area (Å²) < 4.78 is 5.11. The zero-order valence-corrected chi connectivity index (χ0v) is 13.8. The number of aromatic nitrogens is 1. The van der Waals surface area contributed by atoms with Crippen LogP contribution in [0.2, 0.25) is 0 Å². The molecule has 23 heavy (non-hydrogen) atoms. The summed E-state index contributed by atoms with van der Waals surface area (Å²) in [7, 11) is 1.59. The highest BCUT2D eigenvalue weighted by Crippen LogP contribution is 2.23. The van der Waals surface area contributed by atoms with Crippen molar-refractivity contribution in [3.8, 4) is 0 Å². The first-order chi connectivity index (χ1) is 10.9. The van der Waals surface area contributed by atoms with Crippen LogP contribution in [-0.2, 0) is 11.3 Å². The van der Waals surface area contributed by atoms with Crippen molar-refractivity contribution < 1.29 is 14.1 Å². The zero-order chi connectivity index (χ0) is 17.0. The first-order valence-electron chi connectivity index (χ1n) is 7.45. The van der Waals surface area contributed by atoms with Crippen molar-refractivity contribution in [3.05, 3.63) is 52.4 Å². The van der Waals surface area contributed by atoms with Gasteiger partial charge in [-0.3, -0.25) is 9.59 Å². The molecule has 1 aromatic heterocycles. The summed E-state index contributed by atoms with van der Waals surface area (Å²) in [5.41, 5.74) is 3.08. The molecule has 0 saturated carbocycles. The van der Waals surface area contributed by atoms with E-state index in [1.807, 2.05) is 26.0 Å². The fourth-order valence-electron chi connectivity index (χ4n) is 2.50. The second-order valence-corrected chi connectivity index (χ2v) is 5.45. The van der Waals surface area contributed by atoms with Gasteiger partial charge in [0.1, 0.15) is 5.76 Å². The van der Waals surface area contributed by atoms with Crippen molar-refractivity contribution in [2.45, 2.75) is 33.2 Å². The lowest BCUT2D eigenvalue weighted by molar-refractivity contribution is -0.122. The SMILES string of the molecule is CNC(=O)c1ccc(CNC(=O)[C@@H](C)c2c(C)noc2C)cc1. The largest absolute Gasteiger partial charge is 0.361 e. The molecule has 0 aliphatic carbocycles. The highest BCUT2D eigenvalue weighted by atomic mass is 16.5. The number of carbonyl (C=O) groups excluding carboxylic acids is 2. The van der Waals surface area contributed by atoms with Crippen molar-refractivity contribution in [2.75, 3.05) is 7.05 Å². The molecule has 2 rings (SSSR count). The van der Waals surface area contributed by atoms with E-state index < -0.39 is 0 Å². The minimum absolute atomic E-state index is 0.0882. The summed E-state index contributed by atoms with van der Waals surface area (Å²) in [4.78, 5) is 23.8. The molecule has 0 aliphatic rings. The fraction of sp³-hybridized carbons (Fsp3) is 0.353. The molecule has 1 aromatic carbocycles. The van der Waals surface area contributed by atoms with E-state index in [-0.39, 0.29) is 17.7 Å². The van der Waals surface area contributed by atoms with Crippen LogP contribution >= 0.6 is 0 Å². The van der Waals surface area contributed by atoms with Gasteiger partial charge in [0.15, 0.2) is 0 Å². The normalized spacial score (nSPS) is 11.8. The lowest BCUT2D eigenvalue weighted by atomic mass is 9.98. The third-order valence-electron chi connectivity index (χ3n) is 3.82. The first-order valence-corrected chi connectivity index (χ1v) is 7.45. The number of rotatable bonds is 5. The van der Waals surface area contributed by atoms with Crippen LogP contribution in [0.4, 0.5) is 0 Å². The van der Waals surface area contributed by atoms with Gasteiger partial charge >= 0.3 is 0 Å². The third kappa shape index (κ3) is 3.77. The van der Waals surface area contributed by atoms with Crippen LogP contribution < -0.4 is 10.6 Å². The molecule has 2 N–H and O–H groups in total. The number of aryl methyl sites for hydroxylation is 2. The lowest BCUT2D eigenvalue weighted by Gasteiger charge is -2.12. The van der Waals surface area contributed by atoms with Gasteiger partial charge in [0, 0.05) is 24.7 Å². The monoisotopic (exact) mass is 315 g/mol. The minimum Gasteiger partial charge on any atom is -0.361 e. The average Bonchev–Trinajstić information content (AvgIpc) is 2.90. The number of hydrogen-bond acceptors (Lipinski definition) is 4. The van der Waals surface area contributed by atoms with Crippen molar-refractivity contribution in [3.63, 3.8) is 0 Å². The summed E-state index contributed by atoms with van der Waals surface area (Å²) in [6, 6.07) is 7.12. The number of carbonyl (C=O) groups is 2. The molecular weight excluding hydrogens is 294 g/mol. The van der Waals surface area contributed by atoms with Crippen LogP contribution in [-0.4, -0.2) is 24.0 Å². The van der Waals surface area contributed by atoms with E-state index in [0.29, 0.717) is 17.9 Å². The van der Waals surface area contributed by atoms with Gasteiger partial charge in [-0.1, -0.05) is 17.3 Å². The molecule has 1 atom stereocenters. The summed E-state index contributed by atoms with van der Waals surface area (Å²) in [5.74, 6) is 0.119. The van der Waals surface area contributed by atoms with E-state index in [2.05, 4.69) is 15.8 Å². The summed E-state index contributed by atoms with van der Waals surface area (Å²) in [6.45, 7) is 5.86. The number of amides is 2. The maximum atomic E-state index is 12.3. The Hall–Kier alpha value is -2.63. The average molecular weight is 315 g/mol. The van der Waals surface area contributed by atoms with E-state index in [1.165, 1.54) is 0 Å². The highest BCUT2D eigenvalue weighted by Gasteiger charge is 2.22. The fourth-order valence-corrected chi connectivity index (χ4v) is 2.50. The molecule has 2 amide bonds. The summed E-state index contributed by atoms with van der Waals surface area (Å²) in [5, 5.41) is 9.34. The molecule has 0 aliphatic heterocycles. The Balaban J connectivity index is 1.98. The number of benzene rings is 1. The van der Waals surface area contributed by atoms with Crippen LogP contribution in [0.5, 0.6) is 0 Å². The van der Waals surface area contributed by atoms with Gasteiger partial charge in [0.2, 0.25) is 5.91 Å². The number of nitrogens with zero attached hydrogens (tertiary/aromatic N) is 1. The molecule has 0 saturated heterocycles. The topological polar surface area (TPSA) is 84.2 Å². The van der Waals surface area contributed by atoms with Crippen molar-refractivity contribution >= 4 is 11.8 Å². The lowest BCUT2D eigenvalue weighted by Crippen LogP contribution is -2.28. The molecule has 0 spiro atoms. The van der Waals surface area contributed by atoms with Gasteiger partial charge in [-0.05, 0) is 38.5 Å². The van der Waals surface area contributed by atoms with Crippen molar-refractivity contribution in [2.24, 2.45) is 0 Å². The first kappa shape index (κ1) is 16.7.